The fourth-order valence-electron chi connectivity index (χ4n) is 1.03. The standard InChI is InChI=1S/C9H16N4O/c1-6(2)12-9(14)11-5-8-10-4-7(3)13-8/h4,6H,5H2,1-3H3,(H,10,13)(H2,11,12,14). The van der Waals surface area contributed by atoms with Gasteiger partial charge >= 0.3 is 6.03 Å². The molecule has 1 rings (SSSR count). The zero-order valence-electron chi connectivity index (χ0n) is 8.72. The van der Waals surface area contributed by atoms with Gasteiger partial charge in [0.2, 0.25) is 0 Å². The van der Waals surface area contributed by atoms with Crippen LogP contribution in [0.4, 0.5) is 4.79 Å². The van der Waals surface area contributed by atoms with Crippen molar-refractivity contribution in [1.82, 2.24) is 20.6 Å². The van der Waals surface area contributed by atoms with Gasteiger partial charge in [-0.05, 0) is 20.8 Å². The van der Waals surface area contributed by atoms with Crippen LogP contribution in [0, 0.1) is 6.92 Å². The molecule has 1 aromatic heterocycles. The molecule has 1 aromatic rings. The number of nitrogens with one attached hydrogen (secondary N) is 3. The number of imidazole rings is 1. The van der Waals surface area contributed by atoms with Gasteiger partial charge < -0.3 is 15.6 Å². The zero-order valence-corrected chi connectivity index (χ0v) is 8.72. The van der Waals surface area contributed by atoms with Crippen molar-refractivity contribution in [2.75, 3.05) is 0 Å². The number of aromatic amines is 1. The monoisotopic (exact) mass is 196 g/mol. The van der Waals surface area contributed by atoms with E-state index in [9.17, 15) is 4.79 Å². The molecule has 0 saturated heterocycles. The number of aromatic nitrogens is 2. The van der Waals surface area contributed by atoms with E-state index in [4.69, 9.17) is 0 Å². The summed E-state index contributed by atoms with van der Waals surface area (Å²) >= 11 is 0. The molecule has 0 unspecified atom stereocenters. The number of hydrogen-bond donors (Lipinski definition) is 3. The molecule has 0 saturated carbocycles. The highest BCUT2D eigenvalue weighted by Gasteiger charge is 2.03. The summed E-state index contributed by atoms with van der Waals surface area (Å²) in [6, 6.07) is -0.0256. The lowest BCUT2D eigenvalue weighted by Crippen LogP contribution is -2.39. The van der Waals surface area contributed by atoms with Gasteiger partial charge in [-0.15, -0.1) is 0 Å². The average Bonchev–Trinajstić information content (AvgIpc) is 2.47. The fourth-order valence-corrected chi connectivity index (χ4v) is 1.03. The van der Waals surface area contributed by atoms with Crippen LogP contribution in [0.2, 0.25) is 0 Å². The van der Waals surface area contributed by atoms with Crippen LogP contribution in [0.5, 0.6) is 0 Å². The van der Waals surface area contributed by atoms with E-state index in [0.717, 1.165) is 11.5 Å². The van der Waals surface area contributed by atoms with Crippen molar-refractivity contribution < 1.29 is 4.79 Å². The molecule has 5 heteroatoms. The molecule has 0 aromatic carbocycles. The molecule has 0 aliphatic heterocycles. The molecular formula is C9H16N4O. The first-order valence-electron chi connectivity index (χ1n) is 4.63. The van der Waals surface area contributed by atoms with Gasteiger partial charge in [-0.2, -0.15) is 0 Å². The molecule has 2 amide bonds. The molecule has 0 aliphatic carbocycles. The summed E-state index contributed by atoms with van der Waals surface area (Å²) < 4.78 is 0. The smallest absolute Gasteiger partial charge is 0.315 e. The first-order valence-corrected chi connectivity index (χ1v) is 4.63. The minimum Gasteiger partial charge on any atom is -0.345 e. The summed E-state index contributed by atoms with van der Waals surface area (Å²) in [4.78, 5) is 18.3. The Balaban J connectivity index is 2.30. The molecular weight excluding hydrogens is 180 g/mol. The largest absolute Gasteiger partial charge is 0.345 e. The molecule has 14 heavy (non-hydrogen) atoms. The molecule has 3 N–H and O–H groups in total. The number of carbonyl (C=O) groups excluding carboxylic acids is 1. The van der Waals surface area contributed by atoms with Crippen LogP contribution in [0.15, 0.2) is 6.20 Å². The molecule has 0 bridgehead atoms. The summed E-state index contributed by atoms with van der Waals surface area (Å²) in [6.45, 7) is 6.17. The number of urea groups is 1. The summed E-state index contributed by atoms with van der Waals surface area (Å²) in [5.74, 6) is 0.765. The van der Waals surface area contributed by atoms with Crippen molar-refractivity contribution in [2.24, 2.45) is 0 Å². The van der Waals surface area contributed by atoms with Crippen molar-refractivity contribution in [3.05, 3.63) is 17.7 Å². The van der Waals surface area contributed by atoms with E-state index in [1.807, 2.05) is 20.8 Å². The van der Waals surface area contributed by atoms with Gasteiger partial charge in [0.15, 0.2) is 0 Å². The Bertz CT molecular complexity index is 306. The van der Waals surface area contributed by atoms with Crippen LogP contribution in [0.1, 0.15) is 25.4 Å². The minimum absolute atomic E-state index is 0.147. The molecule has 0 fully saturated rings. The molecule has 1 heterocycles. The van der Waals surface area contributed by atoms with Gasteiger partial charge in [0.05, 0.1) is 6.54 Å². The maximum Gasteiger partial charge on any atom is 0.315 e. The number of aryl methyl sites for hydroxylation is 1. The number of rotatable bonds is 3. The molecule has 0 spiro atoms. The summed E-state index contributed by atoms with van der Waals surface area (Å²) in [6.07, 6.45) is 1.73. The van der Waals surface area contributed by atoms with Crippen molar-refractivity contribution in [2.45, 2.75) is 33.4 Å². The Morgan fingerprint density at radius 1 is 1.64 bits per heavy atom. The van der Waals surface area contributed by atoms with Crippen LogP contribution in [0.3, 0.4) is 0 Å². The molecule has 78 valence electrons. The Kier molecular flexibility index (Phi) is 3.50. The Morgan fingerprint density at radius 3 is 2.86 bits per heavy atom. The topological polar surface area (TPSA) is 69.8 Å². The van der Waals surface area contributed by atoms with Crippen LogP contribution in [0.25, 0.3) is 0 Å². The predicted molar refractivity (Wildman–Crippen MR) is 53.8 cm³/mol. The van der Waals surface area contributed by atoms with Crippen LogP contribution in [-0.2, 0) is 6.54 Å². The average molecular weight is 196 g/mol. The zero-order chi connectivity index (χ0) is 10.6. The van der Waals surface area contributed by atoms with Crippen molar-refractivity contribution in [3.63, 3.8) is 0 Å². The lowest BCUT2D eigenvalue weighted by molar-refractivity contribution is 0.238. The highest BCUT2D eigenvalue weighted by molar-refractivity contribution is 5.73. The van der Waals surface area contributed by atoms with E-state index in [2.05, 4.69) is 20.6 Å². The van der Waals surface area contributed by atoms with Gasteiger partial charge in [-0.3, -0.25) is 0 Å². The first-order chi connectivity index (χ1) is 6.58. The highest BCUT2D eigenvalue weighted by Crippen LogP contribution is 1.93. The fraction of sp³-hybridized carbons (Fsp3) is 0.556. The lowest BCUT2D eigenvalue weighted by atomic mass is 10.4. The predicted octanol–water partition coefficient (Wildman–Crippen LogP) is 0.926. The van der Waals surface area contributed by atoms with E-state index in [0.29, 0.717) is 6.54 Å². The van der Waals surface area contributed by atoms with E-state index in [1.54, 1.807) is 6.20 Å². The quantitative estimate of drug-likeness (QED) is 0.673. The number of hydrogen-bond acceptors (Lipinski definition) is 2. The SMILES string of the molecule is Cc1cnc(CNC(=O)NC(C)C)[nH]1. The van der Waals surface area contributed by atoms with Gasteiger partial charge in [0.1, 0.15) is 5.82 Å². The summed E-state index contributed by atoms with van der Waals surface area (Å²) in [7, 11) is 0. The summed E-state index contributed by atoms with van der Waals surface area (Å²) in [5.41, 5.74) is 0.992. The number of amides is 2. The first kappa shape index (κ1) is 10.6. The molecule has 0 radical (unpaired) electrons. The van der Waals surface area contributed by atoms with Crippen LogP contribution < -0.4 is 10.6 Å². The normalized spacial score (nSPS) is 10.3. The maximum absolute atomic E-state index is 11.2. The van der Waals surface area contributed by atoms with E-state index < -0.39 is 0 Å². The number of H-pyrrole nitrogens is 1. The van der Waals surface area contributed by atoms with Crippen LogP contribution in [-0.4, -0.2) is 22.0 Å². The van der Waals surface area contributed by atoms with Gasteiger partial charge in [-0.25, -0.2) is 9.78 Å². The molecule has 0 atom stereocenters. The summed E-state index contributed by atoms with van der Waals surface area (Å²) in [5, 5.41) is 5.43. The van der Waals surface area contributed by atoms with Gasteiger partial charge in [-0.1, -0.05) is 0 Å². The van der Waals surface area contributed by atoms with Crippen molar-refractivity contribution in [1.29, 1.82) is 0 Å². The van der Waals surface area contributed by atoms with Crippen molar-refractivity contribution >= 4 is 6.03 Å². The highest BCUT2D eigenvalue weighted by atomic mass is 16.2. The Morgan fingerprint density at radius 2 is 2.36 bits per heavy atom. The van der Waals surface area contributed by atoms with Gasteiger partial charge in [0.25, 0.3) is 0 Å². The van der Waals surface area contributed by atoms with E-state index in [1.165, 1.54) is 0 Å². The van der Waals surface area contributed by atoms with E-state index >= 15 is 0 Å². The van der Waals surface area contributed by atoms with Gasteiger partial charge in [0, 0.05) is 17.9 Å². The van der Waals surface area contributed by atoms with Crippen LogP contribution >= 0.6 is 0 Å². The Labute approximate surface area is 83.3 Å². The third kappa shape index (κ3) is 3.47. The second-order valence-corrected chi connectivity index (χ2v) is 3.49. The molecule has 5 nitrogen and oxygen atoms in total. The number of carbonyl (C=O) groups is 1. The van der Waals surface area contributed by atoms with Crippen molar-refractivity contribution in [3.8, 4) is 0 Å². The second kappa shape index (κ2) is 4.64. The molecule has 0 aliphatic rings. The minimum atomic E-state index is -0.172. The maximum atomic E-state index is 11.2. The number of nitrogens with zero attached hydrogens (tertiary/aromatic N) is 1. The third-order valence-corrected chi connectivity index (χ3v) is 1.59. The Hall–Kier alpha value is -1.52. The second-order valence-electron chi connectivity index (χ2n) is 3.49. The lowest BCUT2D eigenvalue weighted by Gasteiger charge is -2.08. The van der Waals surface area contributed by atoms with E-state index in [-0.39, 0.29) is 12.1 Å². The third-order valence-electron chi connectivity index (χ3n) is 1.59.